The number of ether oxygens (including phenoxy) is 1. The van der Waals surface area contributed by atoms with Crippen LogP contribution in [-0.4, -0.2) is 31.2 Å². The van der Waals surface area contributed by atoms with Gasteiger partial charge in [-0.3, -0.25) is 9.78 Å². The molecule has 0 aliphatic heterocycles. The Hall–Kier alpha value is -2.20. The highest BCUT2D eigenvalue weighted by Crippen LogP contribution is 2.21. The first-order valence-electron chi connectivity index (χ1n) is 8.01. The summed E-state index contributed by atoms with van der Waals surface area (Å²) in [6, 6.07) is 13.9. The Morgan fingerprint density at radius 2 is 1.87 bits per heavy atom. The lowest BCUT2D eigenvalue weighted by molar-refractivity contribution is -0.122. The molecule has 2 aromatic rings. The van der Waals surface area contributed by atoms with Gasteiger partial charge in [-0.25, -0.2) is 0 Å². The Bertz CT molecular complexity index is 572. The Balaban J connectivity index is 2.00. The standard InChI is InChI=1S/C19H24N2O2/c1-23-14-6-5-11-21-19(22)18(17-7-3-2-4-8-17)15-16-9-12-20-13-10-16/h2-4,7-10,12-13,18H,5-6,11,14-15H2,1H3,(H,21,22). The molecule has 1 unspecified atom stereocenters. The molecule has 0 aliphatic rings. The number of hydrogen-bond donors (Lipinski definition) is 1. The number of benzene rings is 1. The van der Waals surface area contributed by atoms with Crippen molar-refractivity contribution in [3.05, 3.63) is 66.0 Å². The third-order valence-corrected chi connectivity index (χ3v) is 3.78. The van der Waals surface area contributed by atoms with Crippen molar-refractivity contribution in [2.75, 3.05) is 20.3 Å². The van der Waals surface area contributed by atoms with Crippen LogP contribution in [-0.2, 0) is 16.0 Å². The lowest BCUT2D eigenvalue weighted by Gasteiger charge is -2.17. The maximum atomic E-state index is 12.6. The monoisotopic (exact) mass is 312 g/mol. The predicted molar refractivity (Wildman–Crippen MR) is 91.2 cm³/mol. The van der Waals surface area contributed by atoms with Crippen LogP contribution in [0.5, 0.6) is 0 Å². The van der Waals surface area contributed by atoms with E-state index in [1.165, 1.54) is 0 Å². The van der Waals surface area contributed by atoms with E-state index in [1.807, 2.05) is 42.5 Å². The number of pyridine rings is 1. The zero-order chi connectivity index (χ0) is 16.3. The first-order chi connectivity index (χ1) is 11.3. The van der Waals surface area contributed by atoms with Crippen LogP contribution in [0.25, 0.3) is 0 Å². The van der Waals surface area contributed by atoms with Gasteiger partial charge in [0.25, 0.3) is 0 Å². The first kappa shape index (κ1) is 17.2. The summed E-state index contributed by atoms with van der Waals surface area (Å²) in [4.78, 5) is 16.7. The maximum Gasteiger partial charge on any atom is 0.227 e. The number of unbranched alkanes of at least 4 members (excludes halogenated alkanes) is 1. The molecule has 1 aromatic heterocycles. The Morgan fingerprint density at radius 3 is 2.57 bits per heavy atom. The molecule has 0 saturated heterocycles. The highest BCUT2D eigenvalue weighted by Gasteiger charge is 2.20. The quantitative estimate of drug-likeness (QED) is 0.724. The van der Waals surface area contributed by atoms with Gasteiger partial charge in [-0.05, 0) is 42.5 Å². The molecule has 0 fully saturated rings. The van der Waals surface area contributed by atoms with Crippen LogP contribution in [0.3, 0.4) is 0 Å². The second kappa shape index (κ2) is 9.74. The highest BCUT2D eigenvalue weighted by atomic mass is 16.5. The largest absolute Gasteiger partial charge is 0.385 e. The minimum Gasteiger partial charge on any atom is -0.385 e. The number of carbonyl (C=O) groups is 1. The van der Waals surface area contributed by atoms with Crippen molar-refractivity contribution in [2.45, 2.75) is 25.2 Å². The molecule has 23 heavy (non-hydrogen) atoms. The van der Waals surface area contributed by atoms with E-state index in [1.54, 1.807) is 19.5 Å². The molecule has 0 aliphatic carbocycles. The lowest BCUT2D eigenvalue weighted by Crippen LogP contribution is -2.31. The van der Waals surface area contributed by atoms with Crippen molar-refractivity contribution < 1.29 is 9.53 Å². The van der Waals surface area contributed by atoms with Gasteiger partial charge in [0.2, 0.25) is 5.91 Å². The highest BCUT2D eigenvalue weighted by molar-refractivity contribution is 5.83. The van der Waals surface area contributed by atoms with Gasteiger partial charge in [0.05, 0.1) is 5.92 Å². The van der Waals surface area contributed by atoms with E-state index in [9.17, 15) is 4.79 Å². The van der Waals surface area contributed by atoms with Gasteiger partial charge >= 0.3 is 0 Å². The zero-order valence-corrected chi connectivity index (χ0v) is 13.6. The Morgan fingerprint density at radius 1 is 1.13 bits per heavy atom. The molecular formula is C19H24N2O2. The minimum atomic E-state index is -0.180. The normalized spacial score (nSPS) is 11.9. The third-order valence-electron chi connectivity index (χ3n) is 3.78. The molecule has 122 valence electrons. The number of methoxy groups -OCH3 is 1. The fraction of sp³-hybridized carbons (Fsp3) is 0.368. The van der Waals surface area contributed by atoms with Gasteiger partial charge in [-0.15, -0.1) is 0 Å². The van der Waals surface area contributed by atoms with Crippen molar-refractivity contribution in [2.24, 2.45) is 0 Å². The van der Waals surface area contributed by atoms with E-state index >= 15 is 0 Å². The summed E-state index contributed by atoms with van der Waals surface area (Å²) >= 11 is 0. The molecule has 2 rings (SSSR count). The number of carbonyl (C=O) groups excluding carboxylic acids is 1. The zero-order valence-electron chi connectivity index (χ0n) is 13.6. The lowest BCUT2D eigenvalue weighted by atomic mass is 9.91. The van der Waals surface area contributed by atoms with Crippen LogP contribution in [0.4, 0.5) is 0 Å². The van der Waals surface area contributed by atoms with E-state index in [4.69, 9.17) is 4.74 Å². The number of rotatable bonds is 9. The van der Waals surface area contributed by atoms with Crippen molar-refractivity contribution in [1.29, 1.82) is 0 Å². The van der Waals surface area contributed by atoms with Crippen LogP contribution in [0.15, 0.2) is 54.9 Å². The van der Waals surface area contributed by atoms with Gasteiger partial charge in [-0.1, -0.05) is 30.3 Å². The van der Waals surface area contributed by atoms with Gasteiger partial charge in [0.1, 0.15) is 0 Å². The molecule has 4 heteroatoms. The summed E-state index contributed by atoms with van der Waals surface area (Å²) in [5.74, 6) is -0.105. The summed E-state index contributed by atoms with van der Waals surface area (Å²) in [5, 5.41) is 3.05. The molecule has 0 saturated carbocycles. The number of nitrogens with one attached hydrogen (secondary N) is 1. The Kier molecular flexibility index (Phi) is 7.27. The first-order valence-corrected chi connectivity index (χ1v) is 8.01. The maximum absolute atomic E-state index is 12.6. The number of nitrogens with zero attached hydrogens (tertiary/aromatic N) is 1. The van der Waals surface area contributed by atoms with Crippen LogP contribution >= 0.6 is 0 Å². The fourth-order valence-electron chi connectivity index (χ4n) is 2.51. The third kappa shape index (κ3) is 5.83. The summed E-state index contributed by atoms with van der Waals surface area (Å²) in [7, 11) is 1.69. The van der Waals surface area contributed by atoms with Gasteiger partial charge < -0.3 is 10.1 Å². The average molecular weight is 312 g/mol. The van der Waals surface area contributed by atoms with E-state index in [2.05, 4.69) is 10.3 Å². The molecule has 1 amide bonds. The summed E-state index contributed by atoms with van der Waals surface area (Å²) < 4.78 is 5.03. The summed E-state index contributed by atoms with van der Waals surface area (Å²) in [6.07, 6.45) is 6.09. The average Bonchev–Trinajstić information content (AvgIpc) is 2.61. The predicted octanol–water partition coefficient (Wildman–Crippen LogP) is 2.95. The van der Waals surface area contributed by atoms with Gasteiger partial charge in [0.15, 0.2) is 0 Å². The van der Waals surface area contributed by atoms with Crippen LogP contribution in [0, 0.1) is 0 Å². The van der Waals surface area contributed by atoms with E-state index in [0.717, 1.165) is 30.6 Å². The van der Waals surface area contributed by atoms with Crippen molar-refractivity contribution >= 4 is 5.91 Å². The molecule has 0 bridgehead atoms. The molecule has 1 heterocycles. The number of aromatic nitrogens is 1. The van der Waals surface area contributed by atoms with Gasteiger partial charge in [-0.2, -0.15) is 0 Å². The molecular weight excluding hydrogens is 288 g/mol. The molecule has 0 spiro atoms. The van der Waals surface area contributed by atoms with Crippen LogP contribution in [0.1, 0.15) is 29.9 Å². The molecule has 0 radical (unpaired) electrons. The van der Waals surface area contributed by atoms with Crippen LogP contribution in [0.2, 0.25) is 0 Å². The Labute approximate surface area is 137 Å². The second-order valence-corrected chi connectivity index (χ2v) is 5.51. The van der Waals surface area contributed by atoms with E-state index in [-0.39, 0.29) is 11.8 Å². The van der Waals surface area contributed by atoms with Crippen molar-refractivity contribution in [3.63, 3.8) is 0 Å². The molecule has 1 atom stereocenters. The van der Waals surface area contributed by atoms with Gasteiger partial charge in [0, 0.05) is 32.7 Å². The SMILES string of the molecule is COCCCCNC(=O)C(Cc1ccncc1)c1ccccc1. The molecule has 4 nitrogen and oxygen atoms in total. The summed E-state index contributed by atoms with van der Waals surface area (Å²) in [5.41, 5.74) is 2.15. The van der Waals surface area contributed by atoms with Crippen molar-refractivity contribution in [3.8, 4) is 0 Å². The minimum absolute atomic E-state index is 0.0745. The smallest absolute Gasteiger partial charge is 0.227 e. The summed E-state index contributed by atoms with van der Waals surface area (Å²) in [6.45, 7) is 1.41. The van der Waals surface area contributed by atoms with E-state index < -0.39 is 0 Å². The van der Waals surface area contributed by atoms with Crippen molar-refractivity contribution in [1.82, 2.24) is 10.3 Å². The van der Waals surface area contributed by atoms with E-state index in [0.29, 0.717) is 13.0 Å². The van der Waals surface area contributed by atoms with Crippen LogP contribution < -0.4 is 5.32 Å². The number of amides is 1. The number of hydrogen-bond acceptors (Lipinski definition) is 3. The molecule has 1 aromatic carbocycles. The fourth-order valence-corrected chi connectivity index (χ4v) is 2.51. The second-order valence-electron chi connectivity index (χ2n) is 5.51. The molecule has 1 N–H and O–H groups in total. The topological polar surface area (TPSA) is 51.2 Å².